The summed E-state index contributed by atoms with van der Waals surface area (Å²) in [5, 5.41) is 0.213. The Bertz CT molecular complexity index is 458. The molecule has 3 rings (SSSR count). The van der Waals surface area contributed by atoms with Gasteiger partial charge in [0.1, 0.15) is 0 Å². The topological polar surface area (TPSA) is 6.48 Å². The first-order chi connectivity index (χ1) is 9.15. The van der Waals surface area contributed by atoms with Crippen LogP contribution in [-0.2, 0) is 0 Å². The standard InChI is InChI=1S/C14H17Cl2FN2/c15-12-7-11(8-13(16)14(12)17)19-6-2-5-18-4-1-3-10(18)9-19/h7-8,10H,1-6,9H2. The van der Waals surface area contributed by atoms with E-state index in [-0.39, 0.29) is 10.0 Å². The summed E-state index contributed by atoms with van der Waals surface area (Å²) in [5.41, 5.74) is 0.935. The van der Waals surface area contributed by atoms with Crippen LogP contribution in [0.1, 0.15) is 19.3 Å². The van der Waals surface area contributed by atoms with Gasteiger partial charge in [0.15, 0.2) is 5.82 Å². The molecule has 0 aliphatic carbocycles. The molecular weight excluding hydrogens is 286 g/mol. The Morgan fingerprint density at radius 2 is 1.74 bits per heavy atom. The summed E-state index contributed by atoms with van der Waals surface area (Å²) < 4.78 is 13.5. The van der Waals surface area contributed by atoms with Crippen molar-refractivity contribution >= 4 is 28.9 Å². The molecule has 1 atom stereocenters. The van der Waals surface area contributed by atoms with Crippen LogP contribution in [0, 0.1) is 5.82 Å². The average Bonchev–Trinajstić information content (AvgIpc) is 2.72. The molecule has 0 aromatic heterocycles. The SMILES string of the molecule is Fc1c(Cl)cc(N2CCCN3CCCC3C2)cc1Cl. The van der Waals surface area contributed by atoms with Crippen molar-refractivity contribution < 1.29 is 4.39 Å². The smallest absolute Gasteiger partial charge is 0.160 e. The molecule has 0 saturated carbocycles. The second kappa shape index (κ2) is 5.47. The zero-order chi connectivity index (χ0) is 13.4. The first kappa shape index (κ1) is 13.5. The minimum absolute atomic E-state index is 0.107. The molecule has 1 aromatic rings. The van der Waals surface area contributed by atoms with Crippen LogP contribution in [0.5, 0.6) is 0 Å². The number of hydrogen-bond acceptors (Lipinski definition) is 2. The molecule has 0 N–H and O–H groups in total. The third-order valence-corrected chi connectivity index (χ3v) is 4.69. The van der Waals surface area contributed by atoms with Gasteiger partial charge in [0.2, 0.25) is 0 Å². The van der Waals surface area contributed by atoms with Crippen LogP contribution < -0.4 is 4.90 Å². The lowest BCUT2D eigenvalue weighted by atomic mass is 10.2. The molecule has 1 unspecified atom stereocenters. The summed E-state index contributed by atoms with van der Waals surface area (Å²) >= 11 is 11.8. The Kier molecular flexibility index (Phi) is 3.88. The van der Waals surface area contributed by atoms with Crippen molar-refractivity contribution in [3.63, 3.8) is 0 Å². The van der Waals surface area contributed by atoms with Crippen molar-refractivity contribution in [2.24, 2.45) is 0 Å². The van der Waals surface area contributed by atoms with Crippen LogP contribution >= 0.6 is 23.2 Å². The monoisotopic (exact) mass is 302 g/mol. The molecular formula is C14H17Cl2FN2. The lowest BCUT2D eigenvalue weighted by molar-refractivity contribution is 0.273. The normalized spacial score (nSPS) is 24.4. The van der Waals surface area contributed by atoms with E-state index in [1.807, 2.05) is 0 Å². The van der Waals surface area contributed by atoms with E-state index in [0.29, 0.717) is 6.04 Å². The van der Waals surface area contributed by atoms with Gasteiger partial charge in [-0.3, -0.25) is 4.90 Å². The first-order valence-electron chi connectivity index (χ1n) is 6.78. The third kappa shape index (κ3) is 2.69. The number of fused-ring (bicyclic) bond motifs is 1. The maximum Gasteiger partial charge on any atom is 0.160 e. The number of halogens is 3. The quantitative estimate of drug-likeness (QED) is 0.728. The highest BCUT2D eigenvalue weighted by molar-refractivity contribution is 6.35. The van der Waals surface area contributed by atoms with Crippen LogP contribution in [0.3, 0.4) is 0 Å². The number of benzene rings is 1. The molecule has 2 aliphatic rings. The highest BCUT2D eigenvalue weighted by atomic mass is 35.5. The average molecular weight is 303 g/mol. The molecule has 2 aliphatic heterocycles. The molecule has 2 nitrogen and oxygen atoms in total. The van der Waals surface area contributed by atoms with Crippen LogP contribution in [-0.4, -0.2) is 37.1 Å². The summed E-state index contributed by atoms with van der Waals surface area (Å²) in [6, 6.07) is 3.99. The number of hydrogen-bond donors (Lipinski definition) is 0. The number of rotatable bonds is 1. The summed E-state index contributed by atoms with van der Waals surface area (Å²) in [7, 11) is 0. The molecule has 104 valence electrons. The van der Waals surface area contributed by atoms with Gasteiger partial charge >= 0.3 is 0 Å². The van der Waals surface area contributed by atoms with E-state index < -0.39 is 5.82 Å². The van der Waals surface area contributed by atoms with Gasteiger partial charge < -0.3 is 4.90 Å². The maximum absolute atomic E-state index is 13.5. The molecule has 19 heavy (non-hydrogen) atoms. The summed E-state index contributed by atoms with van der Waals surface area (Å²) in [6.07, 6.45) is 3.66. The Hall–Kier alpha value is -0.510. The number of nitrogens with zero attached hydrogens (tertiary/aromatic N) is 2. The van der Waals surface area contributed by atoms with Crippen LogP contribution in [0.25, 0.3) is 0 Å². The van der Waals surface area contributed by atoms with Gasteiger partial charge in [-0.05, 0) is 37.9 Å². The highest BCUT2D eigenvalue weighted by Crippen LogP contribution is 2.31. The molecule has 5 heteroatoms. The van der Waals surface area contributed by atoms with Crippen LogP contribution in [0.15, 0.2) is 12.1 Å². The van der Waals surface area contributed by atoms with E-state index in [0.717, 1.165) is 31.7 Å². The Morgan fingerprint density at radius 3 is 2.47 bits per heavy atom. The molecule has 0 bridgehead atoms. The molecule has 2 saturated heterocycles. The number of anilines is 1. The van der Waals surface area contributed by atoms with Gasteiger partial charge in [-0.15, -0.1) is 0 Å². The van der Waals surface area contributed by atoms with Gasteiger partial charge in [0, 0.05) is 31.4 Å². The van der Waals surface area contributed by atoms with E-state index >= 15 is 0 Å². The predicted molar refractivity (Wildman–Crippen MR) is 77.8 cm³/mol. The van der Waals surface area contributed by atoms with Gasteiger partial charge in [-0.2, -0.15) is 0 Å². The van der Waals surface area contributed by atoms with Gasteiger partial charge in [-0.25, -0.2) is 4.39 Å². The van der Waals surface area contributed by atoms with Crippen molar-refractivity contribution in [2.45, 2.75) is 25.3 Å². The minimum Gasteiger partial charge on any atom is -0.370 e. The lowest BCUT2D eigenvalue weighted by Gasteiger charge is -2.27. The zero-order valence-corrected chi connectivity index (χ0v) is 12.2. The van der Waals surface area contributed by atoms with Crippen LogP contribution in [0.2, 0.25) is 10.0 Å². The van der Waals surface area contributed by atoms with Crippen molar-refractivity contribution in [1.82, 2.24) is 4.90 Å². The third-order valence-electron chi connectivity index (χ3n) is 4.14. The summed E-state index contributed by atoms with van der Waals surface area (Å²) in [4.78, 5) is 4.85. The minimum atomic E-state index is -0.524. The molecule has 0 radical (unpaired) electrons. The van der Waals surface area contributed by atoms with Gasteiger partial charge in [0.05, 0.1) is 10.0 Å². The van der Waals surface area contributed by atoms with E-state index in [1.165, 1.54) is 19.4 Å². The van der Waals surface area contributed by atoms with E-state index in [1.54, 1.807) is 12.1 Å². The second-order valence-corrected chi connectivity index (χ2v) is 6.17. The van der Waals surface area contributed by atoms with Crippen molar-refractivity contribution in [3.8, 4) is 0 Å². The molecule has 2 heterocycles. The Labute approximate surface area is 123 Å². The van der Waals surface area contributed by atoms with E-state index in [9.17, 15) is 4.39 Å². The maximum atomic E-state index is 13.5. The fraction of sp³-hybridized carbons (Fsp3) is 0.571. The molecule has 1 aromatic carbocycles. The first-order valence-corrected chi connectivity index (χ1v) is 7.54. The molecule has 2 fully saturated rings. The second-order valence-electron chi connectivity index (χ2n) is 5.35. The molecule has 0 amide bonds. The Morgan fingerprint density at radius 1 is 1.05 bits per heavy atom. The van der Waals surface area contributed by atoms with Crippen molar-refractivity contribution in [3.05, 3.63) is 28.0 Å². The lowest BCUT2D eigenvalue weighted by Crippen LogP contribution is -2.36. The predicted octanol–water partition coefficient (Wildman–Crippen LogP) is 3.81. The van der Waals surface area contributed by atoms with Crippen molar-refractivity contribution in [2.75, 3.05) is 31.1 Å². The summed E-state index contributed by atoms with van der Waals surface area (Å²) in [6.45, 7) is 4.33. The van der Waals surface area contributed by atoms with Crippen LogP contribution in [0.4, 0.5) is 10.1 Å². The highest BCUT2D eigenvalue weighted by Gasteiger charge is 2.29. The van der Waals surface area contributed by atoms with E-state index in [2.05, 4.69) is 9.80 Å². The Balaban J connectivity index is 1.85. The van der Waals surface area contributed by atoms with E-state index in [4.69, 9.17) is 23.2 Å². The van der Waals surface area contributed by atoms with Gasteiger partial charge in [0.25, 0.3) is 0 Å². The van der Waals surface area contributed by atoms with Gasteiger partial charge in [-0.1, -0.05) is 23.2 Å². The fourth-order valence-corrected chi connectivity index (χ4v) is 3.64. The molecule has 0 spiro atoms. The largest absolute Gasteiger partial charge is 0.370 e. The zero-order valence-electron chi connectivity index (χ0n) is 10.7. The fourth-order valence-electron chi connectivity index (χ4n) is 3.17. The summed E-state index contributed by atoms with van der Waals surface area (Å²) in [5.74, 6) is -0.524. The van der Waals surface area contributed by atoms with Crippen molar-refractivity contribution in [1.29, 1.82) is 0 Å².